The summed E-state index contributed by atoms with van der Waals surface area (Å²) in [6.45, 7) is 24.5. The van der Waals surface area contributed by atoms with Crippen molar-refractivity contribution in [3.05, 3.63) is 12.3 Å². The van der Waals surface area contributed by atoms with Gasteiger partial charge in [0.2, 0.25) is 0 Å². The smallest absolute Gasteiger partial charge is 0.0716 e. The van der Waals surface area contributed by atoms with E-state index in [-0.39, 0.29) is 10.8 Å². The zero-order chi connectivity index (χ0) is 15.4. The lowest BCUT2D eigenvalue weighted by molar-refractivity contribution is -0.207. The molecular weight excluding hydrogens is 234 g/mol. The van der Waals surface area contributed by atoms with Crippen molar-refractivity contribution in [3.63, 3.8) is 0 Å². The van der Waals surface area contributed by atoms with Crippen molar-refractivity contribution in [1.29, 1.82) is 0 Å². The molecule has 1 fully saturated rings. The van der Waals surface area contributed by atoms with Crippen molar-refractivity contribution < 1.29 is 4.74 Å². The lowest BCUT2D eigenvalue weighted by Crippen LogP contribution is -2.72. The molecule has 0 aromatic carbocycles. The van der Waals surface area contributed by atoms with Crippen LogP contribution >= 0.6 is 0 Å². The fourth-order valence-electron chi connectivity index (χ4n) is 3.44. The van der Waals surface area contributed by atoms with Gasteiger partial charge in [0.1, 0.15) is 0 Å². The summed E-state index contributed by atoms with van der Waals surface area (Å²) in [6.07, 6.45) is 0.317. The second-order valence-corrected chi connectivity index (χ2v) is 6.74. The highest BCUT2D eigenvalue weighted by atomic mass is 16.5. The molecule has 0 saturated heterocycles. The van der Waals surface area contributed by atoms with Crippen molar-refractivity contribution in [3.8, 4) is 0 Å². The lowest BCUT2D eigenvalue weighted by Gasteiger charge is -2.64. The molecule has 2 nitrogen and oxygen atoms in total. The number of nitrogens with one attached hydrogen (secondary N) is 1. The van der Waals surface area contributed by atoms with Gasteiger partial charge < -0.3 is 10.1 Å². The Hall–Kier alpha value is -0.500. The maximum Gasteiger partial charge on any atom is 0.0716 e. The minimum absolute atomic E-state index is 0.164. The molecule has 19 heavy (non-hydrogen) atoms. The van der Waals surface area contributed by atoms with E-state index in [1.165, 1.54) is 0 Å². The Kier molecular flexibility index (Phi) is 6.61. The highest BCUT2D eigenvalue weighted by Crippen LogP contribution is 2.55. The van der Waals surface area contributed by atoms with E-state index in [1.807, 2.05) is 13.8 Å². The number of hydrogen-bond donors (Lipinski definition) is 1. The highest BCUT2D eigenvalue weighted by Gasteiger charge is 2.62. The van der Waals surface area contributed by atoms with Crippen LogP contribution in [0.15, 0.2) is 12.3 Å². The second kappa shape index (κ2) is 6.78. The monoisotopic (exact) mass is 269 g/mol. The van der Waals surface area contributed by atoms with Gasteiger partial charge in [-0.3, -0.25) is 0 Å². The summed E-state index contributed by atoms with van der Waals surface area (Å²) in [5.41, 5.74) is 1.46. The standard InChI is InChI=1S/C15H29NO.C2H6/c1-9-17-13-14(5,6)12(15(13,7)8)16-11(4)10(2)3;1-2/h10,12-13,16H,4,9H2,1-3,5-8H3;1-2H3. The van der Waals surface area contributed by atoms with Crippen molar-refractivity contribution in [2.75, 3.05) is 6.61 Å². The van der Waals surface area contributed by atoms with E-state index in [1.54, 1.807) is 0 Å². The van der Waals surface area contributed by atoms with Crippen LogP contribution in [0.4, 0.5) is 0 Å². The Balaban J connectivity index is 0.00000154. The number of allylic oxidation sites excluding steroid dienone is 1. The first-order valence-corrected chi connectivity index (χ1v) is 7.72. The minimum Gasteiger partial charge on any atom is -0.385 e. The summed E-state index contributed by atoms with van der Waals surface area (Å²) in [6, 6.07) is 0.432. The molecule has 0 amide bonds. The lowest BCUT2D eigenvalue weighted by atomic mass is 9.49. The summed E-state index contributed by atoms with van der Waals surface area (Å²) in [4.78, 5) is 0. The third-order valence-electron chi connectivity index (χ3n) is 4.20. The molecular formula is C17H35NO. The van der Waals surface area contributed by atoms with E-state index in [0.717, 1.165) is 12.3 Å². The van der Waals surface area contributed by atoms with E-state index < -0.39 is 0 Å². The summed E-state index contributed by atoms with van der Waals surface area (Å²) >= 11 is 0. The average Bonchev–Trinajstić information content (AvgIpc) is 2.34. The van der Waals surface area contributed by atoms with Gasteiger partial charge in [0, 0.05) is 29.2 Å². The maximum absolute atomic E-state index is 5.91. The molecule has 0 unspecified atom stereocenters. The molecule has 1 aliphatic carbocycles. The molecule has 1 saturated carbocycles. The zero-order valence-electron chi connectivity index (χ0n) is 14.6. The van der Waals surface area contributed by atoms with Gasteiger partial charge in [-0.1, -0.05) is 62.0 Å². The van der Waals surface area contributed by atoms with Crippen LogP contribution in [-0.2, 0) is 4.74 Å². The summed E-state index contributed by atoms with van der Waals surface area (Å²) < 4.78 is 5.91. The van der Waals surface area contributed by atoms with Gasteiger partial charge in [-0.25, -0.2) is 0 Å². The molecule has 0 aliphatic heterocycles. The molecule has 0 bridgehead atoms. The number of ether oxygens (including phenoxy) is 1. The van der Waals surface area contributed by atoms with Crippen molar-refractivity contribution in [1.82, 2.24) is 5.32 Å². The molecule has 114 valence electrons. The van der Waals surface area contributed by atoms with E-state index in [4.69, 9.17) is 4.74 Å². The topological polar surface area (TPSA) is 21.3 Å². The van der Waals surface area contributed by atoms with Gasteiger partial charge in [0.15, 0.2) is 0 Å². The molecule has 0 heterocycles. The molecule has 2 heteroatoms. The Morgan fingerprint density at radius 1 is 1.16 bits per heavy atom. The van der Waals surface area contributed by atoms with Gasteiger partial charge in [-0.05, 0) is 12.8 Å². The van der Waals surface area contributed by atoms with Crippen LogP contribution in [0.1, 0.15) is 62.3 Å². The van der Waals surface area contributed by atoms with Gasteiger partial charge >= 0.3 is 0 Å². The molecule has 1 rings (SSSR count). The van der Waals surface area contributed by atoms with Crippen molar-refractivity contribution >= 4 is 0 Å². The first-order valence-electron chi connectivity index (χ1n) is 7.72. The van der Waals surface area contributed by atoms with Crippen LogP contribution in [0.25, 0.3) is 0 Å². The fourth-order valence-corrected chi connectivity index (χ4v) is 3.44. The Morgan fingerprint density at radius 3 is 1.89 bits per heavy atom. The molecule has 0 atom stereocenters. The molecule has 0 aromatic heterocycles. The predicted octanol–water partition coefficient (Wildman–Crippen LogP) is 4.61. The largest absolute Gasteiger partial charge is 0.385 e. The van der Waals surface area contributed by atoms with Gasteiger partial charge in [0.05, 0.1) is 6.10 Å². The molecule has 0 aromatic rings. The average molecular weight is 269 g/mol. The van der Waals surface area contributed by atoms with Crippen molar-refractivity contribution in [2.45, 2.75) is 74.5 Å². The quantitative estimate of drug-likeness (QED) is 0.787. The van der Waals surface area contributed by atoms with Crippen LogP contribution in [0.5, 0.6) is 0 Å². The molecule has 0 radical (unpaired) electrons. The molecule has 1 N–H and O–H groups in total. The third-order valence-corrected chi connectivity index (χ3v) is 4.20. The first kappa shape index (κ1) is 18.5. The highest BCUT2D eigenvalue weighted by molar-refractivity contribution is 5.18. The van der Waals surface area contributed by atoms with Gasteiger partial charge in [-0.2, -0.15) is 0 Å². The second-order valence-electron chi connectivity index (χ2n) is 6.74. The van der Waals surface area contributed by atoms with E-state index in [0.29, 0.717) is 18.1 Å². The maximum atomic E-state index is 5.91. The van der Waals surface area contributed by atoms with Crippen LogP contribution in [0.3, 0.4) is 0 Å². The molecule has 0 spiro atoms. The van der Waals surface area contributed by atoms with Crippen molar-refractivity contribution in [2.24, 2.45) is 16.7 Å². The van der Waals surface area contributed by atoms with Gasteiger partial charge in [-0.15, -0.1) is 0 Å². The van der Waals surface area contributed by atoms with Crippen LogP contribution in [0.2, 0.25) is 0 Å². The Morgan fingerprint density at radius 2 is 1.58 bits per heavy atom. The first-order chi connectivity index (χ1) is 8.65. The van der Waals surface area contributed by atoms with E-state index >= 15 is 0 Å². The Bertz CT molecular complexity index is 276. The van der Waals surface area contributed by atoms with E-state index in [2.05, 4.69) is 60.4 Å². The number of hydrogen-bond acceptors (Lipinski definition) is 2. The fraction of sp³-hybridized carbons (Fsp3) is 0.882. The minimum atomic E-state index is 0.164. The van der Waals surface area contributed by atoms with E-state index in [9.17, 15) is 0 Å². The predicted molar refractivity (Wildman–Crippen MR) is 85.2 cm³/mol. The third kappa shape index (κ3) is 3.53. The van der Waals surface area contributed by atoms with Crippen LogP contribution in [-0.4, -0.2) is 18.8 Å². The Labute approximate surface area is 121 Å². The summed E-state index contributed by atoms with van der Waals surface area (Å²) in [5, 5.41) is 3.61. The summed E-state index contributed by atoms with van der Waals surface area (Å²) in [7, 11) is 0. The summed E-state index contributed by atoms with van der Waals surface area (Å²) in [5.74, 6) is 0.479. The SMILES string of the molecule is C=C(NC1C(C)(C)C(OCC)C1(C)C)C(C)C.CC. The number of rotatable bonds is 5. The van der Waals surface area contributed by atoms with Crippen LogP contribution in [0, 0.1) is 16.7 Å². The zero-order valence-corrected chi connectivity index (χ0v) is 14.6. The molecule has 1 aliphatic rings. The van der Waals surface area contributed by atoms with Gasteiger partial charge in [0.25, 0.3) is 0 Å². The normalized spacial score (nSPS) is 27.1. The van der Waals surface area contributed by atoms with Crippen LogP contribution < -0.4 is 5.32 Å².